The van der Waals surface area contributed by atoms with E-state index in [1.807, 2.05) is 17.6 Å². The van der Waals surface area contributed by atoms with Gasteiger partial charge in [0.2, 0.25) is 10.0 Å². The van der Waals surface area contributed by atoms with Gasteiger partial charge in [-0.1, -0.05) is 17.7 Å². The number of benzene rings is 2. The number of hydrogen-bond donors (Lipinski definition) is 1. The van der Waals surface area contributed by atoms with Crippen LogP contribution in [-0.4, -0.2) is 29.5 Å². The van der Waals surface area contributed by atoms with Crippen molar-refractivity contribution in [3.05, 3.63) is 78.2 Å². The smallest absolute Gasteiger partial charge is 0.240 e. The van der Waals surface area contributed by atoms with Gasteiger partial charge in [-0.25, -0.2) is 27.5 Å². The van der Waals surface area contributed by atoms with E-state index in [-0.39, 0.29) is 17.3 Å². The third-order valence-corrected chi connectivity index (χ3v) is 6.04. The van der Waals surface area contributed by atoms with Gasteiger partial charge in [0.15, 0.2) is 5.65 Å². The largest absolute Gasteiger partial charge is 0.307 e. The molecule has 0 saturated heterocycles. The fourth-order valence-corrected chi connectivity index (χ4v) is 4.10. The Morgan fingerprint density at radius 2 is 1.76 bits per heavy atom. The van der Waals surface area contributed by atoms with E-state index in [9.17, 15) is 12.8 Å². The van der Waals surface area contributed by atoms with Crippen molar-refractivity contribution in [2.45, 2.75) is 18.4 Å². The maximum Gasteiger partial charge on any atom is 0.240 e. The highest BCUT2D eigenvalue weighted by Gasteiger charge is 2.16. The number of rotatable bonds is 6. The van der Waals surface area contributed by atoms with Crippen molar-refractivity contribution in [1.82, 2.24) is 19.3 Å². The summed E-state index contributed by atoms with van der Waals surface area (Å²) in [5.41, 5.74) is 3.05. The van der Waals surface area contributed by atoms with Crippen LogP contribution >= 0.6 is 0 Å². The molecule has 1 N–H and O–H groups in total. The molecule has 2 aromatic carbocycles. The first-order valence-electron chi connectivity index (χ1n) is 9.07. The van der Waals surface area contributed by atoms with Crippen LogP contribution in [0.2, 0.25) is 0 Å². The summed E-state index contributed by atoms with van der Waals surface area (Å²) in [6.07, 6.45) is 1.66. The van der Waals surface area contributed by atoms with Crippen molar-refractivity contribution < 1.29 is 12.8 Å². The molecule has 6 nitrogen and oxygen atoms in total. The lowest BCUT2D eigenvalue weighted by atomic mass is 10.2. The van der Waals surface area contributed by atoms with Crippen LogP contribution in [0.25, 0.3) is 22.6 Å². The van der Waals surface area contributed by atoms with Crippen LogP contribution in [0.5, 0.6) is 0 Å². The maximum absolute atomic E-state index is 13.3. The van der Waals surface area contributed by atoms with E-state index in [0.29, 0.717) is 23.5 Å². The molecule has 2 aromatic heterocycles. The predicted molar refractivity (Wildman–Crippen MR) is 109 cm³/mol. The minimum absolute atomic E-state index is 0.159. The molecule has 2 heterocycles. The normalized spacial score (nSPS) is 11.8. The molecule has 0 fully saturated rings. The van der Waals surface area contributed by atoms with Crippen LogP contribution in [0.1, 0.15) is 5.56 Å². The zero-order valence-corrected chi connectivity index (χ0v) is 16.5. The molecule has 0 bridgehead atoms. The van der Waals surface area contributed by atoms with Crippen molar-refractivity contribution in [3.63, 3.8) is 0 Å². The van der Waals surface area contributed by atoms with E-state index < -0.39 is 10.0 Å². The van der Waals surface area contributed by atoms with Gasteiger partial charge in [-0.15, -0.1) is 0 Å². The molecule has 148 valence electrons. The lowest BCUT2D eigenvalue weighted by Gasteiger charge is -2.11. The van der Waals surface area contributed by atoms with Gasteiger partial charge in [0.1, 0.15) is 17.2 Å². The second-order valence-electron chi connectivity index (χ2n) is 6.65. The predicted octanol–water partition coefficient (Wildman–Crippen LogP) is 3.52. The Balaban J connectivity index is 1.61. The van der Waals surface area contributed by atoms with Crippen LogP contribution in [0.15, 0.2) is 71.8 Å². The average Bonchev–Trinajstić information content (AvgIpc) is 3.07. The van der Waals surface area contributed by atoms with Crippen molar-refractivity contribution in [2.24, 2.45) is 0 Å². The molecule has 0 aliphatic carbocycles. The molecule has 0 amide bonds. The highest BCUT2D eigenvalue weighted by atomic mass is 32.2. The first kappa shape index (κ1) is 19.2. The second-order valence-corrected chi connectivity index (χ2v) is 8.42. The minimum Gasteiger partial charge on any atom is -0.307 e. The summed E-state index contributed by atoms with van der Waals surface area (Å²) < 4.78 is 42.8. The molecule has 0 spiro atoms. The fraction of sp³-hybridized carbons (Fsp3) is 0.143. The van der Waals surface area contributed by atoms with Crippen LogP contribution in [-0.2, 0) is 16.6 Å². The number of nitrogens with zero attached hydrogens (tertiary/aromatic N) is 3. The Hall–Kier alpha value is -3.10. The Bertz CT molecular complexity index is 1250. The van der Waals surface area contributed by atoms with Gasteiger partial charge in [-0.3, -0.25) is 0 Å². The topological polar surface area (TPSA) is 76.9 Å². The monoisotopic (exact) mass is 410 g/mol. The number of sulfonamides is 1. The first-order chi connectivity index (χ1) is 13.9. The van der Waals surface area contributed by atoms with Gasteiger partial charge >= 0.3 is 0 Å². The van der Waals surface area contributed by atoms with Gasteiger partial charge < -0.3 is 4.57 Å². The van der Waals surface area contributed by atoms with E-state index in [2.05, 4.69) is 14.7 Å². The molecule has 0 aliphatic heterocycles. The molecule has 0 saturated carbocycles. The van der Waals surface area contributed by atoms with E-state index >= 15 is 0 Å². The van der Waals surface area contributed by atoms with Crippen LogP contribution in [0.4, 0.5) is 4.39 Å². The fourth-order valence-electron chi connectivity index (χ4n) is 3.08. The molecular weight excluding hydrogens is 391 g/mol. The number of halogens is 1. The van der Waals surface area contributed by atoms with E-state index in [4.69, 9.17) is 0 Å². The number of fused-ring (bicyclic) bond motifs is 1. The number of aryl methyl sites for hydroxylation is 1. The molecule has 0 aliphatic rings. The van der Waals surface area contributed by atoms with E-state index in [0.717, 1.165) is 11.1 Å². The number of nitrogens with one attached hydrogen (secondary N) is 1. The Morgan fingerprint density at radius 1 is 1.03 bits per heavy atom. The summed E-state index contributed by atoms with van der Waals surface area (Å²) in [6.45, 7) is 2.38. The van der Waals surface area contributed by atoms with Crippen molar-refractivity contribution in [3.8, 4) is 11.4 Å². The summed E-state index contributed by atoms with van der Waals surface area (Å²) in [6, 6.07) is 16.3. The standard InChI is InChI=1S/C21H19FN4O2S/c1-15-4-10-18(11-5-15)29(27,28)24-13-14-26-20(16-6-8-17(22)9-7-16)25-19-3-2-12-23-21(19)26/h2-12,24H,13-14H2,1H3. The zero-order chi connectivity index (χ0) is 20.4. The molecule has 4 rings (SSSR count). The van der Waals surface area contributed by atoms with Gasteiger partial charge in [0, 0.05) is 24.8 Å². The highest BCUT2D eigenvalue weighted by molar-refractivity contribution is 7.89. The van der Waals surface area contributed by atoms with Crippen LogP contribution in [0, 0.1) is 12.7 Å². The van der Waals surface area contributed by atoms with Crippen molar-refractivity contribution in [2.75, 3.05) is 6.54 Å². The average molecular weight is 410 g/mol. The Morgan fingerprint density at radius 3 is 2.48 bits per heavy atom. The van der Waals surface area contributed by atoms with Crippen LogP contribution < -0.4 is 4.72 Å². The van der Waals surface area contributed by atoms with Gasteiger partial charge in [-0.05, 0) is 55.5 Å². The molecular formula is C21H19FN4O2S. The summed E-state index contributed by atoms with van der Waals surface area (Å²) in [4.78, 5) is 9.19. The minimum atomic E-state index is -3.62. The summed E-state index contributed by atoms with van der Waals surface area (Å²) in [7, 11) is -3.62. The second kappa shape index (κ2) is 7.73. The van der Waals surface area contributed by atoms with Crippen molar-refractivity contribution in [1.29, 1.82) is 0 Å². The molecule has 8 heteroatoms. The number of imidazole rings is 1. The zero-order valence-electron chi connectivity index (χ0n) is 15.7. The lowest BCUT2D eigenvalue weighted by Crippen LogP contribution is -2.27. The van der Waals surface area contributed by atoms with Gasteiger partial charge in [0.25, 0.3) is 0 Å². The number of aromatic nitrogens is 3. The Labute approximate surface area is 168 Å². The molecule has 0 unspecified atom stereocenters. The van der Waals surface area contributed by atoms with E-state index in [1.165, 1.54) is 12.1 Å². The molecule has 0 radical (unpaired) electrons. The van der Waals surface area contributed by atoms with Crippen molar-refractivity contribution >= 4 is 21.2 Å². The van der Waals surface area contributed by atoms with Gasteiger partial charge in [0.05, 0.1) is 4.90 Å². The Kier molecular flexibility index (Phi) is 5.12. The first-order valence-corrected chi connectivity index (χ1v) is 10.6. The molecule has 29 heavy (non-hydrogen) atoms. The summed E-state index contributed by atoms with van der Waals surface area (Å²) in [5, 5.41) is 0. The van der Waals surface area contributed by atoms with Gasteiger partial charge in [-0.2, -0.15) is 0 Å². The highest BCUT2D eigenvalue weighted by Crippen LogP contribution is 2.23. The lowest BCUT2D eigenvalue weighted by molar-refractivity contribution is 0.574. The quantitative estimate of drug-likeness (QED) is 0.528. The van der Waals surface area contributed by atoms with Crippen LogP contribution in [0.3, 0.4) is 0 Å². The molecule has 4 aromatic rings. The molecule has 0 atom stereocenters. The SMILES string of the molecule is Cc1ccc(S(=O)(=O)NCCn2c(-c3ccc(F)cc3)nc3cccnc32)cc1. The number of hydrogen-bond acceptors (Lipinski definition) is 4. The number of pyridine rings is 1. The van der Waals surface area contributed by atoms with E-state index in [1.54, 1.807) is 48.7 Å². The maximum atomic E-state index is 13.3. The third kappa shape index (κ3) is 4.03. The third-order valence-electron chi connectivity index (χ3n) is 4.56. The summed E-state index contributed by atoms with van der Waals surface area (Å²) >= 11 is 0. The summed E-state index contributed by atoms with van der Waals surface area (Å²) in [5.74, 6) is 0.272.